The van der Waals surface area contributed by atoms with Crippen LogP contribution in [0.3, 0.4) is 0 Å². The van der Waals surface area contributed by atoms with Crippen molar-refractivity contribution >= 4 is 29.5 Å². The number of tetrazole rings is 1. The Bertz CT molecular complexity index is 1070. The van der Waals surface area contributed by atoms with Gasteiger partial charge in [0.2, 0.25) is 11.8 Å². The molecule has 182 valence electrons. The van der Waals surface area contributed by atoms with Gasteiger partial charge in [0.05, 0.1) is 5.69 Å². The molecule has 1 aromatic carbocycles. The van der Waals surface area contributed by atoms with Crippen LogP contribution in [0.4, 0.5) is 4.79 Å². The SMILES string of the molecule is CC(C)(C)OC(=O)N1CCC1C(=O)N1CCC[C@H]1C(=O)NCc1cc(Cl)ccc1-n1cnnn1. The normalized spacial score (nSPS) is 20.1. The molecule has 34 heavy (non-hydrogen) atoms. The minimum absolute atomic E-state index is 0.195. The Morgan fingerprint density at radius 2 is 1.94 bits per heavy atom. The first-order chi connectivity index (χ1) is 16.1. The maximum atomic E-state index is 13.2. The highest BCUT2D eigenvalue weighted by Gasteiger charge is 2.45. The van der Waals surface area contributed by atoms with Crippen LogP contribution < -0.4 is 5.32 Å². The Labute approximate surface area is 202 Å². The molecule has 2 fully saturated rings. The average molecular weight is 490 g/mol. The van der Waals surface area contributed by atoms with Gasteiger partial charge in [-0.25, -0.2) is 9.48 Å². The van der Waals surface area contributed by atoms with E-state index in [9.17, 15) is 14.4 Å². The summed E-state index contributed by atoms with van der Waals surface area (Å²) in [6.07, 6.45) is 2.79. The van der Waals surface area contributed by atoms with E-state index in [1.807, 2.05) is 0 Å². The van der Waals surface area contributed by atoms with Crippen LogP contribution in [0, 0.1) is 0 Å². The molecule has 0 radical (unpaired) electrons. The summed E-state index contributed by atoms with van der Waals surface area (Å²) in [5.41, 5.74) is 0.785. The van der Waals surface area contributed by atoms with E-state index in [2.05, 4.69) is 20.8 Å². The first-order valence-corrected chi connectivity index (χ1v) is 11.6. The van der Waals surface area contributed by atoms with Crippen molar-refractivity contribution < 1.29 is 19.1 Å². The zero-order valence-corrected chi connectivity index (χ0v) is 20.2. The lowest BCUT2D eigenvalue weighted by Crippen LogP contribution is -2.61. The topological polar surface area (TPSA) is 123 Å². The van der Waals surface area contributed by atoms with Crippen LogP contribution in [0.25, 0.3) is 5.69 Å². The maximum Gasteiger partial charge on any atom is 0.410 e. The Hall–Kier alpha value is -3.21. The third-order valence-electron chi connectivity index (χ3n) is 5.86. The molecule has 11 nitrogen and oxygen atoms in total. The molecule has 0 spiro atoms. The fourth-order valence-electron chi connectivity index (χ4n) is 4.17. The Morgan fingerprint density at radius 3 is 2.59 bits per heavy atom. The highest BCUT2D eigenvalue weighted by molar-refractivity contribution is 6.30. The van der Waals surface area contributed by atoms with E-state index in [-0.39, 0.29) is 18.4 Å². The first kappa shape index (κ1) is 23.9. The summed E-state index contributed by atoms with van der Waals surface area (Å²) in [6.45, 7) is 6.49. The second kappa shape index (κ2) is 9.57. The van der Waals surface area contributed by atoms with Crippen LogP contribution >= 0.6 is 11.6 Å². The number of likely N-dealkylation sites (tertiary alicyclic amines) is 2. The molecule has 3 amide bonds. The predicted octanol–water partition coefficient (Wildman–Crippen LogP) is 1.93. The quantitative estimate of drug-likeness (QED) is 0.680. The number of nitrogens with one attached hydrogen (secondary N) is 1. The minimum Gasteiger partial charge on any atom is -0.444 e. The van der Waals surface area contributed by atoms with Gasteiger partial charge in [0.25, 0.3) is 0 Å². The number of carbonyl (C=O) groups excluding carboxylic acids is 3. The molecule has 0 aliphatic carbocycles. The highest BCUT2D eigenvalue weighted by atomic mass is 35.5. The summed E-state index contributed by atoms with van der Waals surface area (Å²) in [6, 6.07) is 4.04. The third-order valence-corrected chi connectivity index (χ3v) is 6.10. The number of ether oxygens (including phenoxy) is 1. The summed E-state index contributed by atoms with van der Waals surface area (Å²) in [5, 5.41) is 14.6. The molecule has 2 atom stereocenters. The van der Waals surface area contributed by atoms with E-state index >= 15 is 0 Å². The standard InChI is InChI=1S/C22H28ClN7O4/c1-22(2,3)34-21(33)29-10-8-18(29)20(32)28-9-4-5-17(28)19(31)24-12-14-11-15(23)6-7-16(14)30-13-25-26-27-30/h6-7,11,13,17-18H,4-5,8-10,12H2,1-3H3,(H,24,31)/t17-,18?/m0/s1. The largest absolute Gasteiger partial charge is 0.444 e. The minimum atomic E-state index is -0.641. The lowest BCUT2D eigenvalue weighted by Gasteiger charge is -2.42. The fraction of sp³-hybridized carbons (Fsp3) is 0.545. The van der Waals surface area contributed by atoms with Gasteiger partial charge in [-0.05, 0) is 74.2 Å². The van der Waals surface area contributed by atoms with Crippen LogP contribution in [-0.4, -0.2) is 78.7 Å². The van der Waals surface area contributed by atoms with Crippen molar-refractivity contribution in [2.75, 3.05) is 13.1 Å². The lowest BCUT2D eigenvalue weighted by molar-refractivity contribution is -0.146. The second-order valence-corrected chi connectivity index (χ2v) is 9.85. The number of hydrogen-bond acceptors (Lipinski definition) is 7. The number of benzene rings is 1. The molecule has 1 N–H and O–H groups in total. The molecule has 0 bridgehead atoms. The zero-order chi connectivity index (χ0) is 24.5. The number of aromatic nitrogens is 4. The number of carbonyl (C=O) groups is 3. The van der Waals surface area contributed by atoms with E-state index < -0.39 is 23.8 Å². The molecule has 3 heterocycles. The molecular formula is C22H28ClN7O4. The number of hydrogen-bond donors (Lipinski definition) is 1. The van der Waals surface area contributed by atoms with Gasteiger partial charge in [0.15, 0.2) is 0 Å². The molecule has 2 aliphatic heterocycles. The van der Waals surface area contributed by atoms with Crippen LogP contribution in [0.5, 0.6) is 0 Å². The molecule has 12 heteroatoms. The lowest BCUT2D eigenvalue weighted by atomic mass is 10.0. The summed E-state index contributed by atoms with van der Waals surface area (Å²) >= 11 is 6.15. The van der Waals surface area contributed by atoms with E-state index in [4.69, 9.17) is 16.3 Å². The Balaban J connectivity index is 1.40. The number of amides is 3. The van der Waals surface area contributed by atoms with Gasteiger partial charge in [-0.1, -0.05) is 11.6 Å². The molecule has 1 unspecified atom stereocenters. The molecule has 2 saturated heterocycles. The zero-order valence-electron chi connectivity index (χ0n) is 19.4. The van der Waals surface area contributed by atoms with Gasteiger partial charge in [-0.15, -0.1) is 5.10 Å². The van der Waals surface area contributed by atoms with Crippen molar-refractivity contribution in [1.29, 1.82) is 0 Å². The molecule has 2 aromatic rings. The summed E-state index contributed by atoms with van der Waals surface area (Å²) in [5.74, 6) is -0.469. The van der Waals surface area contributed by atoms with Crippen LogP contribution in [0.15, 0.2) is 24.5 Å². The smallest absolute Gasteiger partial charge is 0.410 e. The monoisotopic (exact) mass is 489 g/mol. The van der Waals surface area contributed by atoms with Crippen molar-refractivity contribution in [3.8, 4) is 5.69 Å². The van der Waals surface area contributed by atoms with Crippen molar-refractivity contribution in [1.82, 2.24) is 35.3 Å². The van der Waals surface area contributed by atoms with E-state index in [0.717, 1.165) is 12.0 Å². The maximum absolute atomic E-state index is 13.2. The van der Waals surface area contributed by atoms with Gasteiger partial charge < -0.3 is 15.0 Å². The van der Waals surface area contributed by atoms with Gasteiger partial charge in [-0.3, -0.25) is 14.5 Å². The summed E-state index contributed by atoms with van der Waals surface area (Å²) in [7, 11) is 0. The highest BCUT2D eigenvalue weighted by Crippen LogP contribution is 2.27. The third kappa shape index (κ3) is 5.14. The van der Waals surface area contributed by atoms with Gasteiger partial charge in [0.1, 0.15) is 24.0 Å². The van der Waals surface area contributed by atoms with Crippen molar-refractivity contribution in [3.05, 3.63) is 35.1 Å². The van der Waals surface area contributed by atoms with E-state index in [0.29, 0.717) is 36.6 Å². The average Bonchev–Trinajstić information content (AvgIpc) is 3.42. The molecule has 4 rings (SSSR count). The molecule has 0 saturated carbocycles. The summed E-state index contributed by atoms with van der Waals surface area (Å²) in [4.78, 5) is 41.7. The Kier molecular flexibility index (Phi) is 6.74. The van der Waals surface area contributed by atoms with Crippen molar-refractivity contribution in [3.63, 3.8) is 0 Å². The van der Waals surface area contributed by atoms with Gasteiger partial charge in [0, 0.05) is 24.7 Å². The van der Waals surface area contributed by atoms with E-state index in [1.54, 1.807) is 43.9 Å². The number of rotatable bonds is 5. The van der Waals surface area contributed by atoms with Crippen LogP contribution in [0.1, 0.15) is 45.6 Å². The second-order valence-electron chi connectivity index (χ2n) is 9.41. The molecule has 1 aromatic heterocycles. The van der Waals surface area contributed by atoms with Crippen molar-refractivity contribution in [2.45, 2.75) is 64.3 Å². The van der Waals surface area contributed by atoms with Crippen LogP contribution in [0.2, 0.25) is 5.02 Å². The Morgan fingerprint density at radius 1 is 1.15 bits per heavy atom. The summed E-state index contributed by atoms with van der Waals surface area (Å²) < 4.78 is 6.90. The predicted molar refractivity (Wildman–Crippen MR) is 122 cm³/mol. The number of nitrogens with zero attached hydrogens (tertiary/aromatic N) is 6. The first-order valence-electron chi connectivity index (χ1n) is 11.2. The van der Waals surface area contributed by atoms with Gasteiger partial charge >= 0.3 is 6.09 Å². The van der Waals surface area contributed by atoms with Crippen molar-refractivity contribution in [2.24, 2.45) is 0 Å². The van der Waals surface area contributed by atoms with Gasteiger partial charge in [-0.2, -0.15) is 0 Å². The fourth-order valence-corrected chi connectivity index (χ4v) is 4.36. The molecule has 2 aliphatic rings. The van der Waals surface area contributed by atoms with Crippen LogP contribution in [-0.2, 0) is 20.9 Å². The number of halogens is 1. The molecular weight excluding hydrogens is 462 g/mol. The van der Waals surface area contributed by atoms with E-state index in [1.165, 1.54) is 15.9 Å².